The van der Waals surface area contributed by atoms with Crippen LogP contribution >= 0.6 is 0 Å². The lowest BCUT2D eigenvalue weighted by atomic mass is 9.68. The average molecular weight is 642 g/mol. The van der Waals surface area contributed by atoms with Gasteiger partial charge in [0.05, 0.1) is 19.4 Å². The van der Waals surface area contributed by atoms with Crippen LogP contribution in [0.5, 0.6) is 11.5 Å². The van der Waals surface area contributed by atoms with Gasteiger partial charge in [-0.1, -0.05) is 45.3 Å². The number of aryl methyl sites for hydroxylation is 1. The largest absolute Gasteiger partial charge is 0.507 e. The number of carbonyl (C=O) groups is 1. The standard InChI is InChI=1S/C21H30O2.C10H24N2O2.C5H5N3O/c1-5-6-7-8-15-12-18(22)20-16-11-14(2)9-10-17(16)21(3,4)23-19(20)13-15;1-3-9(7-13)11-5-6-12-10(4-2)8-14;6-5(9)4-3-7-1-2-8-4/h11-13,16-17,22H,5-10H2,1-4H3;9-14H,3-8H2,1-2H3;1-3H,(H2,6,9)/t16-,17-;9-,10-;/m10./s1. The summed E-state index contributed by atoms with van der Waals surface area (Å²) in [7, 11) is 0. The molecular weight excluding hydrogens is 582 g/mol. The van der Waals surface area contributed by atoms with E-state index in [-0.39, 0.29) is 42.5 Å². The number of aliphatic hydroxyl groups excluding tert-OH is 2. The Labute approximate surface area is 276 Å². The second kappa shape index (κ2) is 20.2. The molecule has 258 valence electrons. The first kappa shape index (κ1) is 39.1. The van der Waals surface area contributed by atoms with Crippen LogP contribution in [-0.2, 0) is 6.42 Å². The van der Waals surface area contributed by atoms with Gasteiger partial charge in [-0.2, -0.15) is 0 Å². The molecule has 0 fully saturated rings. The fraction of sp³-hybridized carbons (Fsp3) is 0.639. The number of aliphatic hydroxyl groups is 2. The number of nitrogens with one attached hydrogen (secondary N) is 2. The van der Waals surface area contributed by atoms with Gasteiger partial charge in [0.2, 0.25) is 0 Å². The number of amides is 1. The molecule has 0 radical (unpaired) electrons. The maximum atomic E-state index is 10.7. The lowest BCUT2D eigenvalue weighted by Gasteiger charge is -2.46. The van der Waals surface area contributed by atoms with Gasteiger partial charge in [-0.25, -0.2) is 4.98 Å². The number of aromatic hydroxyl groups is 1. The number of benzene rings is 1. The van der Waals surface area contributed by atoms with Gasteiger partial charge in [0.1, 0.15) is 22.8 Å². The molecule has 0 unspecified atom stereocenters. The molecule has 1 aromatic heterocycles. The monoisotopic (exact) mass is 641 g/mol. The van der Waals surface area contributed by atoms with Crippen molar-refractivity contribution in [2.24, 2.45) is 11.7 Å². The molecule has 0 saturated heterocycles. The van der Waals surface area contributed by atoms with Crippen molar-refractivity contribution >= 4 is 5.91 Å². The highest BCUT2D eigenvalue weighted by Gasteiger charge is 2.45. The Hall–Kier alpha value is -3.05. The summed E-state index contributed by atoms with van der Waals surface area (Å²) in [6.07, 6.45) is 15.4. The van der Waals surface area contributed by atoms with E-state index in [2.05, 4.69) is 60.4 Å². The number of fused-ring (bicyclic) bond motifs is 3. The number of phenolic OH excluding ortho intramolecular Hbond substituents is 1. The van der Waals surface area contributed by atoms with E-state index in [0.29, 0.717) is 11.7 Å². The number of allylic oxidation sites excluding steroid dienone is 2. The van der Waals surface area contributed by atoms with E-state index >= 15 is 0 Å². The fourth-order valence-corrected chi connectivity index (χ4v) is 5.96. The third-order valence-corrected chi connectivity index (χ3v) is 8.83. The van der Waals surface area contributed by atoms with Crippen LogP contribution in [0, 0.1) is 5.92 Å². The molecule has 1 aliphatic heterocycles. The molecule has 2 heterocycles. The number of hydrogen-bond donors (Lipinski definition) is 6. The third kappa shape index (κ3) is 12.3. The lowest BCUT2D eigenvalue weighted by molar-refractivity contribution is 0.0107. The van der Waals surface area contributed by atoms with E-state index < -0.39 is 5.91 Å². The molecule has 4 rings (SSSR count). The highest BCUT2D eigenvalue weighted by molar-refractivity contribution is 5.90. The SMILES string of the molecule is CCCCCc1cc(O)c2c(c1)OC(C)(C)[C@@H]1CCC(C)=C[C@@H]21.CC[C@@H](CO)NCCN[C@@H](CC)CO.NC(=O)c1cnccn1. The molecule has 0 bridgehead atoms. The Bertz CT molecular complexity index is 1180. The van der Waals surface area contributed by atoms with E-state index in [1.165, 1.54) is 49.0 Å². The van der Waals surface area contributed by atoms with Crippen molar-refractivity contribution in [3.8, 4) is 11.5 Å². The van der Waals surface area contributed by atoms with Gasteiger partial charge in [0.15, 0.2) is 0 Å². The Morgan fingerprint density at radius 2 is 1.72 bits per heavy atom. The van der Waals surface area contributed by atoms with Gasteiger partial charge < -0.3 is 36.4 Å². The number of primary amides is 1. The highest BCUT2D eigenvalue weighted by Crippen LogP contribution is 2.53. The molecule has 10 heteroatoms. The fourth-order valence-electron chi connectivity index (χ4n) is 5.96. The molecule has 2 aliphatic rings. The van der Waals surface area contributed by atoms with Crippen LogP contribution in [0.25, 0.3) is 0 Å². The van der Waals surface area contributed by atoms with Gasteiger partial charge in [-0.3, -0.25) is 9.78 Å². The smallest absolute Gasteiger partial charge is 0.268 e. The van der Waals surface area contributed by atoms with Crippen molar-refractivity contribution in [1.82, 2.24) is 20.6 Å². The topological polar surface area (TPSA) is 163 Å². The molecule has 1 aliphatic carbocycles. The van der Waals surface area contributed by atoms with Crippen LogP contribution in [0.1, 0.15) is 114 Å². The summed E-state index contributed by atoms with van der Waals surface area (Å²) in [5.74, 6) is 1.49. The molecular formula is C36H59N5O5. The molecule has 0 spiro atoms. The zero-order valence-corrected chi connectivity index (χ0v) is 28.9. The van der Waals surface area contributed by atoms with Crippen LogP contribution in [0.15, 0.2) is 42.4 Å². The number of phenols is 1. The summed E-state index contributed by atoms with van der Waals surface area (Å²) in [5, 5.41) is 34.9. The summed E-state index contributed by atoms with van der Waals surface area (Å²) in [4.78, 5) is 17.6. The Morgan fingerprint density at radius 1 is 1.07 bits per heavy atom. The Kier molecular flexibility index (Phi) is 17.2. The molecule has 10 nitrogen and oxygen atoms in total. The second-order valence-electron chi connectivity index (χ2n) is 12.8. The van der Waals surface area contributed by atoms with Crippen molar-refractivity contribution in [2.45, 2.75) is 117 Å². The maximum absolute atomic E-state index is 10.7. The minimum atomic E-state index is -0.553. The summed E-state index contributed by atoms with van der Waals surface area (Å²) < 4.78 is 6.36. The van der Waals surface area contributed by atoms with Crippen molar-refractivity contribution in [3.05, 3.63) is 59.2 Å². The normalized spacial score (nSPS) is 19.0. The first-order valence-corrected chi connectivity index (χ1v) is 17.0. The van der Waals surface area contributed by atoms with Crippen LogP contribution in [0.4, 0.5) is 0 Å². The molecule has 4 atom stereocenters. The summed E-state index contributed by atoms with van der Waals surface area (Å²) >= 11 is 0. The van der Waals surface area contributed by atoms with E-state index in [9.17, 15) is 9.90 Å². The van der Waals surface area contributed by atoms with Gasteiger partial charge in [0, 0.05) is 55.0 Å². The number of nitrogens with two attached hydrogens (primary N) is 1. The molecule has 46 heavy (non-hydrogen) atoms. The van der Waals surface area contributed by atoms with Crippen LogP contribution < -0.4 is 21.1 Å². The lowest BCUT2D eigenvalue weighted by Crippen LogP contribution is -2.45. The van der Waals surface area contributed by atoms with Gasteiger partial charge in [0.25, 0.3) is 5.91 Å². The predicted molar refractivity (Wildman–Crippen MR) is 184 cm³/mol. The van der Waals surface area contributed by atoms with Crippen molar-refractivity contribution in [2.75, 3.05) is 26.3 Å². The minimum Gasteiger partial charge on any atom is -0.507 e. The van der Waals surface area contributed by atoms with Crippen molar-refractivity contribution < 1.29 is 24.9 Å². The summed E-state index contributed by atoms with van der Waals surface area (Å²) in [6.45, 7) is 14.9. The highest BCUT2D eigenvalue weighted by atomic mass is 16.5. The van der Waals surface area contributed by atoms with Gasteiger partial charge in [-0.15, -0.1) is 0 Å². The van der Waals surface area contributed by atoms with Gasteiger partial charge in [-0.05, 0) is 77.0 Å². The number of rotatable bonds is 14. The second-order valence-corrected chi connectivity index (χ2v) is 12.8. The average Bonchev–Trinajstić information content (AvgIpc) is 3.03. The number of hydrogen-bond acceptors (Lipinski definition) is 9. The number of unbranched alkanes of at least 4 members (excludes halogenated alkanes) is 2. The van der Waals surface area contributed by atoms with Crippen molar-refractivity contribution in [3.63, 3.8) is 0 Å². The first-order chi connectivity index (χ1) is 22.0. The maximum Gasteiger partial charge on any atom is 0.268 e. The molecule has 2 aromatic rings. The minimum absolute atomic E-state index is 0.177. The van der Waals surface area contributed by atoms with Gasteiger partial charge >= 0.3 is 0 Å². The Morgan fingerprint density at radius 3 is 2.22 bits per heavy atom. The van der Waals surface area contributed by atoms with Crippen LogP contribution in [-0.4, -0.2) is 75.2 Å². The number of ether oxygens (including phenoxy) is 1. The zero-order valence-electron chi connectivity index (χ0n) is 28.9. The predicted octanol–water partition coefficient (Wildman–Crippen LogP) is 5.02. The van der Waals surface area contributed by atoms with E-state index in [1.807, 2.05) is 19.9 Å². The number of aromatic nitrogens is 2. The van der Waals surface area contributed by atoms with E-state index in [4.69, 9.17) is 20.7 Å². The molecule has 1 aromatic carbocycles. The van der Waals surface area contributed by atoms with Crippen LogP contribution in [0.3, 0.4) is 0 Å². The molecule has 7 N–H and O–H groups in total. The number of nitrogens with zero attached hydrogens (tertiary/aromatic N) is 2. The van der Waals surface area contributed by atoms with Crippen LogP contribution in [0.2, 0.25) is 0 Å². The Balaban J connectivity index is 0.000000272. The van der Waals surface area contributed by atoms with E-state index in [1.54, 1.807) is 0 Å². The quantitative estimate of drug-likeness (QED) is 0.123. The molecule has 1 amide bonds. The zero-order chi connectivity index (χ0) is 34.1. The molecule has 0 saturated carbocycles. The third-order valence-electron chi connectivity index (χ3n) is 8.83. The summed E-state index contributed by atoms with van der Waals surface area (Å²) in [6, 6.07) is 4.53. The van der Waals surface area contributed by atoms with Crippen molar-refractivity contribution in [1.29, 1.82) is 0 Å². The first-order valence-electron chi connectivity index (χ1n) is 17.0. The number of carbonyl (C=O) groups excluding carboxylic acids is 1. The van der Waals surface area contributed by atoms with E-state index in [0.717, 1.165) is 56.5 Å². The summed E-state index contributed by atoms with van der Waals surface area (Å²) in [5.41, 5.74) is 8.52.